The zero-order chi connectivity index (χ0) is 10.6. The molecule has 0 rings (SSSR count). The van der Waals surface area contributed by atoms with Crippen LogP contribution in [-0.4, -0.2) is 39.9 Å². The molecule has 0 aromatic rings. The molecule has 2 N–H and O–H groups in total. The minimum Gasteiger partial charge on any atom is -0.480 e. The number of rotatable bonds is 5. The molecule has 0 aromatic carbocycles. The lowest BCUT2D eigenvalue weighted by molar-refractivity contribution is -0.156. The van der Waals surface area contributed by atoms with Crippen molar-refractivity contribution in [3.8, 4) is 0 Å². The highest BCUT2D eigenvalue weighted by atomic mass is 16.4. The fraction of sp³-hybridized carbons (Fsp3) is 0.667. The van der Waals surface area contributed by atoms with Crippen LogP contribution in [0.15, 0.2) is 12.7 Å². The van der Waals surface area contributed by atoms with E-state index in [1.807, 2.05) is 0 Å². The molecular formula is C9H17NO3. The summed E-state index contributed by atoms with van der Waals surface area (Å²) in [4.78, 5) is 12.4. The summed E-state index contributed by atoms with van der Waals surface area (Å²) in [6, 6.07) is 0. The molecule has 4 heteroatoms. The van der Waals surface area contributed by atoms with Gasteiger partial charge in [0, 0.05) is 0 Å². The van der Waals surface area contributed by atoms with E-state index < -0.39 is 17.7 Å². The van der Waals surface area contributed by atoms with E-state index in [1.54, 1.807) is 14.0 Å². The van der Waals surface area contributed by atoms with E-state index in [4.69, 9.17) is 5.11 Å². The van der Waals surface area contributed by atoms with Crippen LogP contribution in [-0.2, 0) is 4.79 Å². The number of hydrogen-bond donors (Lipinski definition) is 2. The molecule has 2 atom stereocenters. The molecule has 0 radical (unpaired) electrons. The highest BCUT2D eigenvalue weighted by Crippen LogP contribution is 2.20. The lowest BCUT2D eigenvalue weighted by Crippen LogP contribution is -2.53. The van der Waals surface area contributed by atoms with Gasteiger partial charge in [-0.15, -0.1) is 6.58 Å². The van der Waals surface area contributed by atoms with Crippen molar-refractivity contribution in [1.29, 1.82) is 0 Å². The van der Waals surface area contributed by atoms with Gasteiger partial charge in [-0.1, -0.05) is 6.08 Å². The predicted molar refractivity (Wildman–Crippen MR) is 50.3 cm³/mol. The largest absolute Gasteiger partial charge is 0.480 e. The van der Waals surface area contributed by atoms with Gasteiger partial charge in [0.2, 0.25) is 0 Å². The summed E-state index contributed by atoms with van der Waals surface area (Å²) in [5.74, 6) is -0.962. The van der Waals surface area contributed by atoms with Gasteiger partial charge >= 0.3 is 5.97 Å². The Kier molecular flexibility index (Phi) is 4.10. The molecule has 4 nitrogen and oxygen atoms in total. The molecule has 0 saturated carbocycles. The van der Waals surface area contributed by atoms with Crippen molar-refractivity contribution >= 4 is 5.97 Å². The van der Waals surface area contributed by atoms with Gasteiger partial charge < -0.3 is 10.2 Å². The van der Waals surface area contributed by atoms with Crippen LogP contribution in [0.1, 0.15) is 20.3 Å². The summed E-state index contributed by atoms with van der Waals surface area (Å²) >= 11 is 0. The molecule has 13 heavy (non-hydrogen) atoms. The van der Waals surface area contributed by atoms with Crippen LogP contribution in [0.3, 0.4) is 0 Å². The zero-order valence-electron chi connectivity index (χ0n) is 8.32. The van der Waals surface area contributed by atoms with Crippen molar-refractivity contribution in [3.05, 3.63) is 12.7 Å². The van der Waals surface area contributed by atoms with E-state index in [2.05, 4.69) is 6.58 Å². The molecule has 76 valence electrons. The van der Waals surface area contributed by atoms with Gasteiger partial charge in [-0.3, -0.25) is 9.69 Å². The van der Waals surface area contributed by atoms with Gasteiger partial charge in [0.1, 0.15) is 11.8 Å². The van der Waals surface area contributed by atoms with Gasteiger partial charge in [-0.2, -0.15) is 0 Å². The monoisotopic (exact) mass is 187 g/mol. The van der Waals surface area contributed by atoms with Crippen LogP contribution in [0, 0.1) is 0 Å². The standard InChI is InChI=1S/C9H17NO3/c1-5-6-9(3,8(12)13)10(4)7(2)11/h5,7,11H,1,6H2,2-4H3,(H,12,13). The van der Waals surface area contributed by atoms with Crippen molar-refractivity contribution in [2.24, 2.45) is 0 Å². The average Bonchev–Trinajstić information content (AvgIpc) is 2.02. The Morgan fingerprint density at radius 3 is 2.46 bits per heavy atom. The lowest BCUT2D eigenvalue weighted by Gasteiger charge is -2.36. The van der Waals surface area contributed by atoms with Crippen molar-refractivity contribution in [3.63, 3.8) is 0 Å². The van der Waals surface area contributed by atoms with Gasteiger partial charge in [0.05, 0.1) is 0 Å². The predicted octanol–water partition coefficient (Wildman–Crippen LogP) is 0.676. The quantitative estimate of drug-likeness (QED) is 0.490. The second-order valence-electron chi connectivity index (χ2n) is 3.31. The van der Waals surface area contributed by atoms with Crippen molar-refractivity contribution in [2.45, 2.75) is 32.0 Å². The van der Waals surface area contributed by atoms with Crippen molar-refractivity contribution in [2.75, 3.05) is 7.05 Å². The molecular weight excluding hydrogens is 170 g/mol. The van der Waals surface area contributed by atoms with Crippen LogP contribution in [0.4, 0.5) is 0 Å². The molecule has 0 bridgehead atoms. The molecule has 2 unspecified atom stereocenters. The summed E-state index contributed by atoms with van der Waals surface area (Å²) in [5.41, 5.74) is -1.09. The first-order valence-corrected chi connectivity index (χ1v) is 4.11. The van der Waals surface area contributed by atoms with E-state index in [9.17, 15) is 9.90 Å². The highest BCUT2D eigenvalue weighted by Gasteiger charge is 2.37. The van der Waals surface area contributed by atoms with Crippen LogP contribution < -0.4 is 0 Å². The topological polar surface area (TPSA) is 60.8 Å². The number of aliphatic hydroxyl groups is 1. The Hall–Kier alpha value is -0.870. The number of carboxylic acid groups (broad SMARTS) is 1. The number of hydrogen-bond acceptors (Lipinski definition) is 3. The van der Waals surface area contributed by atoms with Crippen LogP contribution >= 0.6 is 0 Å². The Morgan fingerprint density at radius 1 is 1.77 bits per heavy atom. The summed E-state index contributed by atoms with van der Waals surface area (Å²) in [7, 11) is 1.57. The highest BCUT2D eigenvalue weighted by molar-refractivity contribution is 5.78. The van der Waals surface area contributed by atoms with Crippen LogP contribution in [0.5, 0.6) is 0 Å². The number of aliphatic hydroxyl groups excluding tert-OH is 1. The van der Waals surface area contributed by atoms with Crippen LogP contribution in [0.25, 0.3) is 0 Å². The minimum absolute atomic E-state index is 0.295. The fourth-order valence-electron chi connectivity index (χ4n) is 1.08. The van der Waals surface area contributed by atoms with Gasteiger partial charge in [-0.05, 0) is 27.3 Å². The SMILES string of the molecule is C=CCC(C)(C(=O)O)N(C)C(C)O. The van der Waals surface area contributed by atoms with E-state index in [-0.39, 0.29) is 0 Å². The Labute approximate surface area is 78.5 Å². The van der Waals surface area contributed by atoms with E-state index >= 15 is 0 Å². The Morgan fingerprint density at radius 2 is 2.23 bits per heavy atom. The van der Waals surface area contributed by atoms with Gasteiger partial charge in [0.25, 0.3) is 0 Å². The number of likely N-dealkylation sites (N-methyl/N-ethyl adjacent to an activating group) is 1. The van der Waals surface area contributed by atoms with E-state index in [0.29, 0.717) is 6.42 Å². The number of carboxylic acids is 1. The van der Waals surface area contributed by atoms with Crippen molar-refractivity contribution in [1.82, 2.24) is 4.90 Å². The molecule has 0 aliphatic heterocycles. The second-order valence-corrected chi connectivity index (χ2v) is 3.31. The Balaban J connectivity index is 4.77. The molecule has 0 amide bonds. The second kappa shape index (κ2) is 4.39. The fourth-order valence-corrected chi connectivity index (χ4v) is 1.08. The van der Waals surface area contributed by atoms with Gasteiger partial charge in [-0.25, -0.2) is 0 Å². The average molecular weight is 187 g/mol. The third-order valence-electron chi connectivity index (χ3n) is 2.34. The normalized spacial score (nSPS) is 17.9. The van der Waals surface area contributed by atoms with Gasteiger partial charge in [0.15, 0.2) is 0 Å². The molecule has 0 fully saturated rings. The lowest BCUT2D eigenvalue weighted by atomic mass is 9.96. The molecule has 0 spiro atoms. The smallest absolute Gasteiger partial charge is 0.324 e. The summed E-state index contributed by atoms with van der Waals surface area (Å²) in [6.07, 6.45) is 1.04. The first-order chi connectivity index (χ1) is 5.86. The summed E-state index contributed by atoms with van der Waals surface area (Å²) in [6.45, 7) is 6.59. The first kappa shape index (κ1) is 12.1. The summed E-state index contributed by atoms with van der Waals surface area (Å²) < 4.78 is 0. The van der Waals surface area contributed by atoms with E-state index in [1.165, 1.54) is 17.9 Å². The maximum Gasteiger partial charge on any atom is 0.324 e. The van der Waals surface area contributed by atoms with E-state index in [0.717, 1.165) is 0 Å². The molecule has 0 heterocycles. The molecule has 0 aliphatic rings. The molecule has 0 saturated heterocycles. The third-order valence-corrected chi connectivity index (χ3v) is 2.34. The third kappa shape index (κ3) is 2.54. The van der Waals surface area contributed by atoms with Crippen molar-refractivity contribution < 1.29 is 15.0 Å². The minimum atomic E-state index is -1.09. The van der Waals surface area contributed by atoms with Crippen LogP contribution in [0.2, 0.25) is 0 Å². The Bertz CT molecular complexity index is 203. The number of carbonyl (C=O) groups is 1. The zero-order valence-corrected chi connectivity index (χ0v) is 8.32. The number of nitrogens with zero attached hydrogens (tertiary/aromatic N) is 1. The molecule has 0 aliphatic carbocycles. The maximum atomic E-state index is 11.0. The first-order valence-electron chi connectivity index (χ1n) is 4.11. The molecule has 0 aromatic heterocycles. The summed E-state index contributed by atoms with van der Waals surface area (Å²) in [5, 5.41) is 18.2. The maximum absolute atomic E-state index is 11.0. The number of aliphatic carboxylic acids is 1.